The van der Waals surface area contributed by atoms with Crippen LogP contribution in [0.3, 0.4) is 0 Å². The van der Waals surface area contributed by atoms with Crippen molar-refractivity contribution in [2.45, 2.75) is 52.1 Å². The van der Waals surface area contributed by atoms with Gasteiger partial charge in [0.15, 0.2) is 5.96 Å². The Morgan fingerprint density at radius 3 is 2.65 bits per heavy atom. The minimum Gasteiger partial charge on any atom is -0.370 e. The first-order chi connectivity index (χ1) is 8.92. The topological polar surface area (TPSA) is 65.7 Å². The number of nitrogens with two attached hydrogens (primary N) is 1. The molecule has 0 saturated carbocycles. The first-order valence-electron chi connectivity index (χ1n) is 7.45. The number of hydrogen-bond donors (Lipinski definition) is 3. The van der Waals surface area contributed by atoms with Crippen molar-refractivity contribution in [2.75, 3.05) is 32.7 Å². The van der Waals surface area contributed by atoms with E-state index in [9.17, 15) is 0 Å². The monoisotopic (exact) mass is 397 g/mol. The molecule has 1 unspecified atom stereocenters. The third-order valence-corrected chi connectivity index (χ3v) is 3.46. The number of aliphatic imine (C=N–C) groups is 1. The second-order valence-corrected chi connectivity index (χ2v) is 6.25. The Labute approximate surface area is 141 Å². The predicted octanol–water partition coefficient (Wildman–Crippen LogP) is 1.38. The van der Waals surface area contributed by atoms with Crippen molar-refractivity contribution in [3.05, 3.63) is 0 Å². The number of nitrogens with one attached hydrogen (secondary N) is 2. The molecule has 1 aliphatic heterocycles. The highest BCUT2D eigenvalue weighted by Crippen LogP contribution is 2.16. The Hall–Kier alpha value is -0.0800. The van der Waals surface area contributed by atoms with Crippen LogP contribution in [-0.4, -0.2) is 55.2 Å². The van der Waals surface area contributed by atoms with E-state index in [2.05, 4.69) is 48.2 Å². The van der Waals surface area contributed by atoms with Crippen LogP contribution in [0.5, 0.6) is 0 Å². The summed E-state index contributed by atoms with van der Waals surface area (Å²) in [5, 5.41) is 6.57. The highest BCUT2D eigenvalue weighted by atomic mass is 127. The average molecular weight is 397 g/mol. The smallest absolute Gasteiger partial charge is 0.188 e. The fraction of sp³-hybridized carbons (Fsp3) is 0.929. The van der Waals surface area contributed by atoms with Gasteiger partial charge in [0.2, 0.25) is 0 Å². The molecule has 120 valence electrons. The molecule has 5 nitrogen and oxygen atoms in total. The van der Waals surface area contributed by atoms with Gasteiger partial charge in [0.25, 0.3) is 0 Å². The zero-order valence-electron chi connectivity index (χ0n) is 13.4. The van der Waals surface area contributed by atoms with Crippen molar-refractivity contribution < 1.29 is 0 Å². The van der Waals surface area contributed by atoms with Crippen LogP contribution in [0.1, 0.15) is 40.5 Å². The van der Waals surface area contributed by atoms with Gasteiger partial charge in [-0.25, -0.2) is 0 Å². The van der Waals surface area contributed by atoms with Crippen molar-refractivity contribution in [1.29, 1.82) is 0 Å². The molecule has 20 heavy (non-hydrogen) atoms. The van der Waals surface area contributed by atoms with Gasteiger partial charge in [-0.2, -0.15) is 0 Å². The van der Waals surface area contributed by atoms with E-state index in [0.29, 0.717) is 12.0 Å². The van der Waals surface area contributed by atoms with Crippen molar-refractivity contribution in [1.82, 2.24) is 15.5 Å². The summed E-state index contributed by atoms with van der Waals surface area (Å²) in [7, 11) is 0. The second kappa shape index (κ2) is 9.78. The molecule has 6 heteroatoms. The lowest BCUT2D eigenvalue weighted by atomic mass is 10.1. The predicted molar refractivity (Wildman–Crippen MR) is 97.9 cm³/mol. The molecule has 0 radical (unpaired) electrons. The lowest BCUT2D eigenvalue weighted by molar-refractivity contribution is 0.273. The van der Waals surface area contributed by atoms with Crippen LogP contribution in [-0.2, 0) is 0 Å². The van der Waals surface area contributed by atoms with Crippen LogP contribution in [0.4, 0.5) is 0 Å². The number of halogens is 1. The van der Waals surface area contributed by atoms with Crippen molar-refractivity contribution in [3.63, 3.8) is 0 Å². The maximum Gasteiger partial charge on any atom is 0.188 e. The molecule has 0 aromatic carbocycles. The van der Waals surface area contributed by atoms with E-state index in [1.807, 2.05) is 0 Å². The van der Waals surface area contributed by atoms with Crippen LogP contribution in [0.15, 0.2) is 4.99 Å². The molecular formula is C14H32IN5. The summed E-state index contributed by atoms with van der Waals surface area (Å²) in [6.07, 6.45) is 2.53. The van der Waals surface area contributed by atoms with E-state index in [0.717, 1.165) is 26.2 Å². The molecule has 0 aliphatic carbocycles. The second-order valence-electron chi connectivity index (χ2n) is 6.25. The summed E-state index contributed by atoms with van der Waals surface area (Å²) in [6.45, 7) is 13.5. The van der Waals surface area contributed by atoms with Crippen LogP contribution in [0.2, 0.25) is 0 Å². The summed E-state index contributed by atoms with van der Waals surface area (Å²) >= 11 is 0. The number of likely N-dealkylation sites (N-methyl/N-ethyl adjacent to an activating group) is 1. The van der Waals surface area contributed by atoms with Crippen LogP contribution >= 0.6 is 24.0 Å². The minimum absolute atomic E-state index is 0. The van der Waals surface area contributed by atoms with E-state index in [1.165, 1.54) is 19.4 Å². The number of hydrogen-bond acceptors (Lipinski definition) is 3. The zero-order chi connectivity index (χ0) is 14.3. The number of likely N-dealkylation sites (tertiary alicyclic amines) is 1. The molecule has 0 bridgehead atoms. The molecule has 0 amide bonds. The molecule has 1 atom stereocenters. The van der Waals surface area contributed by atoms with E-state index >= 15 is 0 Å². The lowest BCUT2D eigenvalue weighted by Gasteiger charge is -2.21. The van der Waals surface area contributed by atoms with Gasteiger partial charge in [0.05, 0.1) is 6.54 Å². The summed E-state index contributed by atoms with van der Waals surface area (Å²) in [5.74, 6) is 0.568. The Bertz CT molecular complexity index is 288. The molecule has 4 N–H and O–H groups in total. The van der Waals surface area contributed by atoms with Gasteiger partial charge in [0, 0.05) is 24.7 Å². The normalized spacial score (nSPS) is 20.8. The van der Waals surface area contributed by atoms with Gasteiger partial charge < -0.3 is 16.4 Å². The SMILES string of the molecule is CCN1CCCC1CN=C(N)NCCNC(C)(C)C.I. The number of guanidine groups is 1. The quantitative estimate of drug-likeness (QED) is 0.274. The standard InChI is InChI=1S/C14H31N5.HI/c1-5-19-10-6-7-12(19)11-17-13(15)16-8-9-18-14(2,3)4;/h12,18H,5-11H2,1-4H3,(H3,15,16,17);1H. The maximum absolute atomic E-state index is 5.88. The highest BCUT2D eigenvalue weighted by molar-refractivity contribution is 14.0. The summed E-state index contributed by atoms with van der Waals surface area (Å²) in [5.41, 5.74) is 6.03. The van der Waals surface area contributed by atoms with Crippen molar-refractivity contribution in [2.24, 2.45) is 10.7 Å². The summed E-state index contributed by atoms with van der Waals surface area (Å²) < 4.78 is 0. The Kier molecular flexibility index (Phi) is 9.74. The number of nitrogens with zero attached hydrogens (tertiary/aromatic N) is 2. The molecule has 1 saturated heterocycles. The fourth-order valence-electron chi connectivity index (χ4n) is 2.41. The third-order valence-electron chi connectivity index (χ3n) is 3.46. The molecule has 0 spiro atoms. The zero-order valence-corrected chi connectivity index (χ0v) is 15.7. The Morgan fingerprint density at radius 1 is 1.35 bits per heavy atom. The van der Waals surface area contributed by atoms with Gasteiger partial charge in [-0.3, -0.25) is 9.89 Å². The van der Waals surface area contributed by atoms with Gasteiger partial charge in [-0.05, 0) is 46.7 Å². The lowest BCUT2D eigenvalue weighted by Crippen LogP contribution is -2.43. The van der Waals surface area contributed by atoms with Crippen molar-refractivity contribution >= 4 is 29.9 Å². The Morgan fingerprint density at radius 2 is 2.05 bits per heavy atom. The fourth-order valence-corrected chi connectivity index (χ4v) is 2.41. The molecule has 0 aromatic rings. The molecule has 1 fully saturated rings. The largest absolute Gasteiger partial charge is 0.370 e. The molecule has 0 aromatic heterocycles. The van der Waals surface area contributed by atoms with Gasteiger partial charge >= 0.3 is 0 Å². The highest BCUT2D eigenvalue weighted by Gasteiger charge is 2.22. The van der Waals surface area contributed by atoms with E-state index in [1.54, 1.807) is 0 Å². The minimum atomic E-state index is 0. The Balaban J connectivity index is 0.00000361. The summed E-state index contributed by atoms with van der Waals surface area (Å²) in [4.78, 5) is 6.94. The van der Waals surface area contributed by atoms with Crippen LogP contribution < -0.4 is 16.4 Å². The van der Waals surface area contributed by atoms with Gasteiger partial charge in [-0.15, -0.1) is 24.0 Å². The number of rotatable bonds is 6. The van der Waals surface area contributed by atoms with Crippen LogP contribution in [0.25, 0.3) is 0 Å². The van der Waals surface area contributed by atoms with Gasteiger partial charge in [-0.1, -0.05) is 6.92 Å². The maximum atomic E-state index is 5.88. The third kappa shape index (κ3) is 8.26. The van der Waals surface area contributed by atoms with Crippen LogP contribution in [0, 0.1) is 0 Å². The van der Waals surface area contributed by atoms with E-state index in [-0.39, 0.29) is 29.5 Å². The van der Waals surface area contributed by atoms with Gasteiger partial charge in [0.1, 0.15) is 0 Å². The molecule has 1 aliphatic rings. The molecule has 1 rings (SSSR count). The van der Waals surface area contributed by atoms with Crippen molar-refractivity contribution in [3.8, 4) is 0 Å². The van der Waals surface area contributed by atoms with E-state index in [4.69, 9.17) is 5.73 Å². The average Bonchev–Trinajstić information content (AvgIpc) is 2.78. The first-order valence-corrected chi connectivity index (χ1v) is 7.45. The molecular weight excluding hydrogens is 365 g/mol. The first kappa shape index (κ1) is 19.9. The molecule has 1 heterocycles. The summed E-state index contributed by atoms with van der Waals surface area (Å²) in [6, 6.07) is 0.582. The van der Waals surface area contributed by atoms with E-state index < -0.39 is 0 Å².